The van der Waals surface area contributed by atoms with Crippen molar-refractivity contribution in [1.82, 2.24) is 9.97 Å². The predicted octanol–water partition coefficient (Wildman–Crippen LogP) is 1.74. The van der Waals surface area contributed by atoms with Gasteiger partial charge in [0.1, 0.15) is 0 Å². The van der Waals surface area contributed by atoms with Crippen LogP contribution >= 0.6 is 11.6 Å². The summed E-state index contributed by atoms with van der Waals surface area (Å²) in [4.78, 5) is 18.8. The van der Waals surface area contributed by atoms with Crippen LogP contribution in [0.4, 0.5) is 0 Å². The second-order valence-electron chi connectivity index (χ2n) is 4.16. The number of imidazole rings is 1. The van der Waals surface area contributed by atoms with Crippen molar-refractivity contribution in [2.45, 2.75) is 18.9 Å². The number of nitrogens with zero attached hydrogens (tertiary/aromatic N) is 1. The fourth-order valence-corrected chi connectivity index (χ4v) is 1.81. The number of benzene rings is 1. The van der Waals surface area contributed by atoms with E-state index < -0.39 is 6.04 Å². The smallest absolute Gasteiger partial charge is 0.154 e. The molecule has 0 bridgehead atoms. The van der Waals surface area contributed by atoms with Gasteiger partial charge in [0.05, 0.1) is 12.4 Å². The molecule has 0 fully saturated rings. The molecule has 3 N–H and O–H groups in total. The molecule has 2 rings (SSSR count). The molecule has 0 saturated heterocycles. The van der Waals surface area contributed by atoms with Crippen LogP contribution in [0.1, 0.15) is 11.3 Å². The monoisotopic (exact) mass is 263 g/mol. The molecule has 0 aliphatic carbocycles. The van der Waals surface area contributed by atoms with E-state index in [2.05, 4.69) is 9.97 Å². The highest BCUT2D eigenvalue weighted by molar-refractivity contribution is 6.30. The van der Waals surface area contributed by atoms with Crippen LogP contribution in [0.25, 0.3) is 0 Å². The summed E-state index contributed by atoms with van der Waals surface area (Å²) >= 11 is 5.78. The van der Waals surface area contributed by atoms with Crippen molar-refractivity contribution >= 4 is 17.4 Å². The van der Waals surface area contributed by atoms with Crippen LogP contribution in [0.3, 0.4) is 0 Å². The fourth-order valence-electron chi connectivity index (χ4n) is 1.68. The predicted molar refractivity (Wildman–Crippen MR) is 70.4 cm³/mol. The van der Waals surface area contributed by atoms with E-state index in [1.807, 2.05) is 12.1 Å². The van der Waals surface area contributed by atoms with Gasteiger partial charge in [0, 0.05) is 29.8 Å². The number of carbonyl (C=O) groups is 1. The summed E-state index contributed by atoms with van der Waals surface area (Å²) in [5, 5.41) is 0.660. The summed E-state index contributed by atoms with van der Waals surface area (Å²) in [5.41, 5.74) is 7.65. The second kappa shape index (κ2) is 5.80. The van der Waals surface area contributed by atoms with E-state index in [1.165, 1.54) is 0 Å². The Kier molecular flexibility index (Phi) is 4.12. The van der Waals surface area contributed by atoms with Crippen LogP contribution in [0, 0.1) is 0 Å². The topological polar surface area (TPSA) is 71.8 Å². The first kappa shape index (κ1) is 12.8. The maximum absolute atomic E-state index is 11.9. The molecule has 1 aromatic heterocycles. The number of halogens is 1. The molecule has 1 atom stereocenters. The minimum atomic E-state index is -0.513. The zero-order chi connectivity index (χ0) is 13.0. The highest BCUT2D eigenvalue weighted by Gasteiger charge is 2.15. The van der Waals surface area contributed by atoms with E-state index in [0.717, 1.165) is 11.3 Å². The quantitative estimate of drug-likeness (QED) is 0.863. The lowest BCUT2D eigenvalue weighted by Gasteiger charge is -2.09. The Hall–Kier alpha value is -1.65. The van der Waals surface area contributed by atoms with Crippen LogP contribution in [0.5, 0.6) is 0 Å². The molecule has 1 aromatic carbocycles. The summed E-state index contributed by atoms with van der Waals surface area (Å²) in [6.45, 7) is 0. The molecule has 0 radical (unpaired) electrons. The van der Waals surface area contributed by atoms with E-state index in [-0.39, 0.29) is 5.78 Å². The van der Waals surface area contributed by atoms with Gasteiger partial charge in [-0.05, 0) is 17.7 Å². The molecule has 0 aliphatic heterocycles. The van der Waals surface area contributed by atoms with Gasteiger partial charge in [-0.1, -0.05) is 23.7 Å². The van der Waals surface area contributed by atoms with Gasteiger partial charge in [0.2, 0.25) is 0 Å². The minimum absolute atomic E-state index is 0.00641. The van der Waals surface area contributed by atoms with Crippen LogP contribution in [0.15, 0.2) is 36.8 Å². The second-order valence-corrected chi connectivity index (χ2v) is 4.59. The molecule has 0 amide bonds. The maximum Gasteiger partial charge on any atom is 0.154 e. The molecule has 4 nitrogen and oxygen atoms in total. The third kappa shape index (κ3) is 3.42. The van der Waals surface area contributed by atoms with E-state index in [0.29, 0.717) is 17.9 Å². The summed E-state index contributed by atoms with van der Waals surface area (Å²) in [5.74, 6) is 0.00641. The third-order valence-electron chi connectivity index (χ3n) is 2.70. The average Bonchev–Trinajstić information content (AvgIpc) is 2.85. The number of aromatic amines is 1. The van der Waals surface area contributed by atoms with Gasteiger partial charge in [-0.3, -0.25) is 4.79 Å². The number of rotatable bonds is 5. The van der Waals surface area contributed by atoms with Crippen molar-refractivity contribution in [3.63, 3.8) is 0 Å². The van der Waals surface area contributed by atoms with Crippen molar-refractivity contribution in [3.05, 3.63) is 53.1 Å². The van der Waals surface area contributed by atoms with Crippen molar-refractivity contribution < 1.29 is 4.79 Å². The number of hydrogen-bond acceptors (Lipinski definition) is 3. The Bertz CT molecular complexity index is 508. The lowest BCUT2D eigenvalue weighted by atomic mass is 10.0. The van der Waals surface area contributed by atoms with Gasteiger partial charge in [-0.2, -0.15) is 0 Å². The number of aromatic nitrogens is 2. The number of ketones is 1. The molecular formula is C13H14ClN3O. The van der Waals surface area contributed by atoms with E-state index in [9.17, 15) is 4.79 Å². The zero-order valence-electron chi connectivity index (χ0n) is 9.77. The number of nitrogens with one attached hydrogen (secondary N) is 1. The standard InChI is InChI=1S/C13H14ClN3O/c14-10-3-1-9(2-4-10)5-13(18)12(15)6-11-7-16-8-17-11/h1-4,7-8,12H,5-6,15H2,(H,16,17)/t12-/m0/s1. The summed E-state index contributed by atoms with van der Waals surface area (Å²) in [6, 6.07) is 6.70. The minimum Gasteiger partial charge on any atom is -0.348 e. The number of carbonyl (C=O) groups excluding carboxylic acids is 1. The van der Waals surface area contributed by atoms with Gasteiger partial charge in [-0.15, -0.1) is 0 Å². The SMILES string of the molecule is N[C@@H](Cc1cnc[nH]1)C(=O)Cc1ccc(Cl)cc1. The number of nitrogens with two attached hydrogens (primary N) is 1. The Morgan fingerprint density at radius 3 is 2.72 bits per heavy atom. The molecule has 18 heavy (non-hydrogen) atoms. The van der Waals surface area contributed by atoms with E-state index in [1.54, 1.807) is 24.7 Å². The van der Waals surface area contributed by atoms with Crippen LogP contribution in [-0.4, -0.2) is 21.8 Å². The van der Waals surface area contributed by atoms with E-state index in [4.69, 9.17) is 17.3 Å². The van der Waals surface area contributed by atoms with Crippen LogP contribution in [0.2, 0.25) is 5.02 Å². The fraction of sp³-hybridized carbons (Fsp3) is 0.231. The molecule has 0 unspecified atom stereocenters. The number of hydrogen-bond donors (Lipinski definition) is 2. The highest BCUT2D eigenvalue weighted by Crippen LogP contribution is 2.11. The molecule has 0 saturated carbocycles. The maximum atomic E-state index is 11.9. The lowest BCUT2D eigenvalue weighted by Crippen LogP contribution is -2.34. The highest BCUT2D eigenvalue weighted by atomic mass is 35.5. The van der Waals surface area contributed by atoms with Crippen LogP contribution < -0.4 is 5.73 Å². The normalized spacial score (nSPS) is 12.3. The van der Waals surface area contributed by atoms with Crippen molar-refractivity contribution in [3.8, 4) is 0 Å². The average molecular weight is 264 g/mol. The first-order valence-corrected chi connectivity index (χ1v) is 6.03. The molecule has 5 heteroatoms. The lowest BCUT2D eigenvalue weighted by molar-refractivity contribution is -0.119. The molecule has 0 aliphatic rings. The van der Waals surface area contributed by atoms with E-state index >= 15 is 0 Å². The molecule has 1 heterocycles. The Balaban J connectivity index is 1.93. The summed E-state index contributed by atoms with van der Waals surface area (Å²) in [7, 11) is 0. The molecule has 0 spiro atoms. The molecule has 2 aromatic rings. The summed E-state index contributed by atoms with van der Waals surface area (Å²) in [6.07, 6.45) is 4.06. The van der Waals surface area contributed by atoms with Crippen molar-refractivity contribution in [2.75, 3.05) is 0 Å². The molecular weight excluding hydrogens is 250 g/mol. The van der Waals surface area contributed by atoms with Crippen LogP contribution in [-0.2, 0) is 17.6 Å². The largest absolute Gasteiger partial charge is 0.348 e. The number of Topliss-reactive ketones (excluding diaryl/α,β-unsaturated/α-hetero) is 1. The Labute approximate surface area is 110 Å². The Morgan fingerprint density at radius 1 is 1.39 bits per heavy atom. The Morgan fingerprint density at radius 2 is 2.11 bits per heavy atom. The molecule has 94 valence electrons. The van der Waals surface area contributed by atoms with Gasteiger partial charge in [0.15, 0.2) is 5.78 Å². The third-order valence-corrected chi connectivity index (χ3v) is 2.95. The van der Waals surface area contributed by atoms with Gasteiger partial charge >= 0.3 is 0 Å². The first-order chi connectivity index (χ1) is 8.65. The first-order valence-electron chi connectivity index (χ1n) is 5.65. The van der Waals surface area contributed by atoms with Gasteiger partial charge < -0.3 is 10.7 Å². The van der Waals surface area contributed by atoms with Gasteiger partial charge in [-0.25, -0.2) is 4.98 Å². The zero-order valence-corrected chi connectivity index (χ0v) is 10.5. The number of H-pyrrole nitrogens is 1. The van der Waals surface area contributed by atoms with Gasteiger partial charge in [0.25, 0.3) is 0 Å². The summed E-state index contributed by atoms with van der Waals surface area (Å²) < 4.78 is 0. The van der Waals surface area contributed by atoms with Crippen molar-refractivity contribution in [2.24, 2.45) is 5.73 Å². The van der Waals surface area contributed by atoms with Crippen molar-refractivity contribution in [1.29, 1.82) is 0 Å².